The summed E-state index contributed by atoms with van der Waals surface area (Å²) in [6.07, 6.45) is 6.69. The summed E-state index contributed by atoms with van der Waals surface area (Å²) in [6.45, 7) is 2.22. The van der Waals surface area contributed by atoms with Gasteiger partial charge >= 0.3 is 66.4 Å². The molecule has 182 valence electrons. The van der Waals surface area contributed by atoms with Gasteiger partial charge in [0.2, 0.25) is 0 Å². The molecule has 3 rings (SSSR count). The van der Waals surface area contributed by atoms with Crippen LogP contribution in [0.25, 0.3) is 11.1 Å². The Bertz CT molecular complexity index is 1110. The molecular weight excluding hydrogens is 450 g/mol. The number of nitriles is 1. The molecule has 0 heterocycles. The first-order valence-electron chi connectivity index (χ1n) is 12.1. The van der Waals surface area contributed by atoms with E-state index in [0.29, 0.717) is 11.3 Å². The van der Waals surface area contributed by atoms with Crippen LogP contribution in [0.2, 0.25) is 5.72 Å². The van der Waals surface area contributed by atoms with Crippen molar-refractivity contribution >= 4 is 26.9 Å². The molecule has 0 saturated heterocycles. The van der Waals surface area contributed by atoms with Gasteiger partial charge in [-0.05, 0) is 67.0 Å². The van der Waals surface area contributed by atoms with Crippen molar-refractivity contribution in [2.45, 2.75) is 51.2 Å². The Hall–Kier alpha value is -3.64. The van der Waals surface area contributed by atoms with Gasteiger partial charge in [-0.2, -0.15) is 5.26 Å². The van der Waals surface area contributed by atoms with Crippen molar-refractivity contribution in [3.8, 4) is 34.8 Å². The van der Waals surface area contributed by atoms with Gasteiger partial charge in [0.15, 0.2) is 0 Å². The van der Waals surface area contributed by atoms with Gasteiger partial charge in [0.25, 0.3) is 0 Å². The van der Waals surface area contributed by atoms with Gasteiger partial charge in [0, 0.05) is 0 Å². The summed E-state index contributed by atoms with van der Waals surface area (Å²) in [4.78, 5) is 22.7. The molecule has 2 aromatic rings. The Morgan fingerprint density at radius 1 is 1.08 bits per heavy atom. The zero-order valence-electron chi connectivity index (χ0n) is 20.8. The first kappa shape index (κ1) is 28.6. The van der Waals surface area contributed by atoms with E-state index in [-0.39, 0.29) is 11.9 Å². The standard InChI is InChI=1S/C23H25NO2.C5H5B2NO2/c1-2-3-17-4-10-21(11-5-17)23(25)26-22-14-12-20(13-15-22)19-8-6-18(16-24)7-9-19;1-10-5(9)3-2-4(6)7-8/h6-9,12-15,17,21H,2-5,10-11H2,1H3;4,8H,1H3. The monoisotopic (exact) mass is 480 g/mol. The number of carbonyl (C=O) groups is 2. The average Bonchev–Trinajstić information content (AvgIpc) is 2.93. The van der Waals surface area contributed by atoms with Crippen molar-refractivity contribution < 1.29 is 19.1 Å². The predicted molar refractivity (Wildman–Crippen MR) is 140 cm³/mol. The zero-order chi connectivity index (χ0) is 26.3. The van der Waals surface area contributed by atoms with Gasteiger partial charge in [0.1, 0.15) is 5.75 Å². The van der Waals surface area contributed by atoms with Crippen LogP contribution in [0.4, 0.5) is 0 Å². The molecule has 1 atom stereocenters. The molecule has 0 aliphatic heterocycles. The molecule has 1 aliphatic rings. The molecule has 1 N–H and O–H groups in total. The molecule has 1 saturated carbocycles. The van der Waals surface area contributed by atoms with Gasteiger partial charge in [-0.25, -0.2) is 0 Å². The number of esters is 2. The van der Waals surface area contributed by atoms with Gasteiger partial charge in [-0.1, -0.05) is 44.0 Å². The summed E-state index contributed by atoms with van der Waals surface area (Å²) in [6, 6.07) is 17.2. The normalized spacial score (nSPS) is 16.9. The predicted octanol–water partition coefficient (Wildman–Crippen LogP) is 5.28. The van der Waals surface area contributed by atoms with Gasteiger partial charge < -0.3 is 4.74 Å². The van der Waals surface area contributed by atoms with Crippen LogP contribution in [0.3, 0.4) is 0 Å². The minimum atomic E-state index is -0.681. The molecule has 36 heavy (non-hydrogen) atoms. The Balaban J connectivity index is 0.000000388. The molecule has 8 heteroatoms. The van der Waals surface area contributed by atoms with Crippen molar-refractivity contribution in [2.75, 3.05) is 7.11 Å². The summed E-state index contributed by atoms with van der Waals surface area (Å²) in [5.74, 6) is 5.09. The number of nitrogens with one attached hydrogen (secondary N) is 1. The van der Waals surface area contributed by atoms with Crippen LogP contribution in [-0.4, -0.2) is 34.0 Å². The first-order chi connectivity index (χ1) is 17.4. The summed E-state index contributed by atoms with van der Waals surface area (Å²) >= 11 is 0. The number of methoxy groups -OCH3 is 1. The Kier molecular flexibility index (Phi) is 12.2. The van der Waals surface area contributed by atoms with E-state index >= 15 is 0 Å². The van der Waals surface area contributed by atoms with Gasteiger partial charge in [-0.3, -0.25) is 4.79 Å². The summed E-state index contributed by atoms with van der Waals surface area (Å²) in [5.41, 5.74) is 2.04. The second-order valence-electron chi connectivity index (χ2n) is 8.59. The second kappa shape index (κ2) is 15.4. The van der Waals surface area contributed by atoms with E-state index in [2.05, 4.69) is 29.6 Å². The topological polar surface area (TPSA) is 100 Å². The van der Waals surface area contributed by atoms with E-state index in [1.807, 2.05) is 36.4 Å². The SMILES string of the molecule is CCCC1CCC(C(=O)Oc2ccc(-c3ccc(C#N)cc3)cc2)CC1.[B]C(B=N)C#CC(=O)OC. The van der Waals surface area contributed by atoms with E-state index in [1.54, 1.807) is 12.1 Å². The van der Waals surface area contributed by atoms with Crippen LogP contribution >= 0.6 is 0 Å². The van der Waals surface area contributed by atoms with Crippen molar-refractivity contribution in [1.82, 2.24) is 0 Å². The molecule has 0 spiro atoms. The number of rotatable bonds is 6. The third-order valence-electron chi connectivity index (χ3n) is 6.00. The number of hydrogen-bond donors (Lipinski definition) is 1. The van der Waals surface area contributed by atoms with Crippen molar-refractivity contribution in [2.24, 2.45) is 11.8 Å². The fourth-order valence-electron chi connectivity index (χ4n) is 3.98. The van der Waals surface area contributed by atoms with Crippen molar-refractivity contribution in [1.29, 1.82) is 10.6 Å². The second-order valence-corrected chi connectivity index (χ2v) is 8.59. The molecule has 1 fully saturated rings. The van der Waals surface area contributed by atoms with E-state index in [0.717, 1.165) is 49.8 Å². The van der Waals surface area contributed by atoms with Gasteiger partial charge in [0.05, 0.1) is 17.6 Å². The number of ether oxygens (including phenoxy) is 2. The Morgan fingerprint density at radius 2 is 1.67 bits per heavy atom. The third kappa shape index (κ3) is 9.55. The van der Waals surface area contributed by atoms with E-state index in [1.165, 1.54) is 20.0 Å². The van der Waals surface area contributed by atoms with E-state index < -0.39 is 11.7 Å². The molecule has 1 aliphatic carbocycles. The third-order valence-corrected chi connectivity index (χ3v) is 6.00. The zero-order valence-corrected chi connectivity index (χ0v) is 20.8. The molecule has 6 nitrogen and oxygen atoms in total. The number of nitrogens with zero attached hydrogens (tertiary/aromatic N) is 1. The van der Waals surface area contributed by atoms with Crippen LogP contribution in [0, 0.1) is 40.3 Å². The molecule has 0 aromatic heterocycles. The maximum atomic E-state index is 12.4. The van der Waals surface area contributed by atoms with Crippen LogP contribution in [-0.2, 0) is 14.3 Å². The summed E-state index contributed by atoms with van der Waals surface area (Å²) in [5, 5.41) is 15.5. The van der Waals surface area contributed by atoms with Crippen LogP contribution in [0.5, 0.6) is 5.75 Å². The number of carbonyl (C=O) groups excluding carboxylic acids is 2. The number of benzene rings is 2. The van der Waals surface area contributed by atoms with Crippen molar-refractivity contribution in [3.63, 3.8) is 0 Å². The Labute approximate surface area is 215 Å². The van der Waals surface area contributed by atoms with E-state index in [9.17, 15) is 9.59 Å². The summed E-state index contributed by atoms with van der Waals surface area (Å²) < 4.78 is 9.80. The molecule has 0 amide bonds. The fraction of sp³-hybridized carbons (Fsp3) is 0.393. The molecule has 0 bridgehead atoms. The molecular formula is C28H30B2N2O4. The van der Waals surface area contributed by atoms with Gasteiger partial charge in [-0.15, -0.1) is 0 Å². The molecule has 1 unspecified atom stereocenters. The first-order valence-corrected chi connectivity index (χ1v) is 12.1. The molecule has 2 radical (unpaired) electrons. The Morgan fingerprint density at radius 3 is 2.17 bits per heavy atom. The molecule has 2 aromatic carbocycles. The van der Waals surface area contributed by atoms with Crippen LogP contribution < -0.4 is 4.74 Å². The number of hydrogen-bond acceptors (Lipinski definition) is 6. The fourth-order valence-corrected chi connectivity index (χ4v) is 3.98. The quantitative estimate of drug-likeness (QED) is 0.199. The van der Waals surface area contributed by atoms with Crippen LogP contribution in [0.15, 0.2) is 48.5 Å². The van der Waals surface area contributed by atoms with Crippen LogP contribution in [0.1, 0.15) is 51.0 Å². The maximum absolute atomic E-state index is 12.4. The average molecular weight is 480 g/mol. The summed E-state index contributed by atoms with van der Waals surface area (Å²) in [7, 11) is 7.32. The van der Waals surface area contributed by atoms with E-state index in [4.69, 9.17) is 23.2 Å². The van der Waals surface area contributed by atoms with Crippen molar-refractivity contribution in [3.05, 3.63) is 54.1 Å². The minimum absolute atomic E-state index is 0.0429.